The summed E-state index contributed by atoms with van der Waals surface area (Å²) in [7, 11) is 0. The summed E-state index contributed by atoms with van der Waals surface area (Å²) < 4.78 is 49.7. The summed E-state index contributed by atoms with van der Waals surface area (Å²) in [6.07, 6.45) is 5.56. The molecule has 0 unspecified atom stereocenters. The second kappa shape index (κ2) is 12.6. The Morgan fingerprint density at radius 1 is 0.684 bits per heavy atom. The Balaban J connectivity index is 1.47. The van der Waals surface area contributed by atoms with Gasteiger partial charge in [-0.1, -0.05) is 87.7 Å². The van der Waals surface area contributed by atoms with Crippen molar-refractivity contribution in [3.05, 3.63) is 113 Å². The van der Waals surface area contributed by atoms with Crippen LogP contribution in [-0.2, 0) is 12.8 Å². The standard InChI is InChI=1S/C33H31F3O2/c1-3-5-6-8-25-17-18-27(21-30(25)34)38-33(37)26-15-13-24(14-16-26)29-20-19-28(31(35)32(29)36)23-11-9-22(7-4-2)10-12-23/h9-21H,3-8H2,1-2H3. The fourth-order valence-electron chi connectivity index (χ4n) is 4.45. The highest BCUT2D eigenvalue weighted by atomic mass is 19.2. The van der Waals surface area contributed by atoms with E-state index >= 15 is 4.39 Å². The number of unbranched alkanes of at least 4 members (excludes halogenated alkanes) is 2. The highest BCUT2D eigenvalue weighted by molar-refractivity contribution is 5.91. The SMILES string of the molecule is CCCCCc1ccc(OC(=O)c2ccc(-c3ccc(-c4ccc(CCC)cc4)c(F)c3F)cc2)cc1F. The van der Waals surface area contributed by atoms with Crippen LogP contribution in [0.5, 0.6) is 5.75 Å². The molecule has 0 saturated carbocycles. The van der Waals surface area contributed by atoms with E-state index in [1.54, 1.807) is 30.3 Å². The van der Waals surface area contributed by atoms with E-state index in [0.717, 1.165) is 37.7 Å². The lowest BCUT2D eigenvalue weighted by Gasteiger charge is -2.11. The van der Waals surface area contributed by atoms with Crippen molar-refractivity contribution in [2.24, 2.45) is 0 Å². The first kappa shape index (κ1) is 27.2. The zero-order valence-electron chi connectivity index (χ0n) is 21.7. The monoisotopic (exact) mass is 516 g/mol. The van der Waals surface area contributed by atoms with E-state index in [-0.39, 0.29) is 22.4 Å². The molecule has 196 valence electrons. The summed E-state index contributed by atoms with van der Waals surface area (Å²) in [5.41, 5.74) is 3.27. The van der Waals surface area contributed by atoms with Gasteiger partial charge in [0.25, 0.3) is 0 Å². The number of esters is 1. The van der Waals surface area contributed by atoms with E-state index < -0.39 is 23.4 Å². The first-order valence-corrected chi connectivity index (χ1v) is 13.1. The third-order valence-electron chi connectivity index (χ3n) is 6.60. The minimum absolute atomic E-state index is 0.0921. The van der Waals surface area contributed by atoms with Crippen molar-refractivity contribution in [1.29, 1.82) is 0 Å². The van der Waals surface area contributed by atoms with Crippen LogP contribution in [0.25, 0.3) is 22.3 Å². The van der Waals surface area contributed by atoms with Crippen molar-refractivity contribution in [2.45, 2.75) is 52.4 Å². The van der Waals surface area contributed by atoms with E-state index in [9.17, 15) is 13.6 Å². The van der Waals surface area contributed by atoms with Gasteiger partial charge in [-0.3, -0.25) is 0 Å². The van der Waals surface area contributed by atoms with Crippen LogP contribution in [0, 0.1) is 17.5 Å². The zero-order valence-corrected chi connectivity index (χ0v) is 21.7. The number of rotatable bonds is 10. The van der Waals surface area contributed by atoms with Crippen LogP contribution in [0.2, 0.25) is 0 Å². The van der Waals surface area contributed by atoms with E-state index in [4.69, 9.17) is 4.74 Å². The largest absolute Gasteiger partial charge is 0.423 e. The molecular formula is C33H31F3O2. The Morgan fingerprint density at radius 3 is 1.84 bits per heavy atom. The second-order valence-corrected chi connectivity index (χ2v) is 9.41. The molecule has 0 aliphatic heterocycles. The van der Waals surface area contributed by atoms with E-state index in [0.29, 0.717) is 23.1 Å². The Hall–Kier alpha value is -3.86. The quantitative estimate of drug-likeness (QED) is 0.119. The Kier molecular flexibility index (Phi) is 9.01. The molecule has 0 aromatic heterocycles. The number of carbonyl (C=O) groups excluding carboxylic acids is 1. The summed E-state index contributed by atoms with van der Waals surface area (Å²) in [6.45, 7) is 4.18. The topological polar surface area (TPSA) is 26.3 Å². The fourth-order valence-corrected chi connectivity index (χ4v) is 4.45. The number of aryl methyl sites for hydroxylation is 2. The average molecular weight is 517 g/mol. The maximum absolute atomic E-state index is 15.0. The summed E-state index contributed by atoms with van der Waals surface area (Å²) >= 11 is 0. The van der Waals surface area contributed by atoms with Gasteiger partial charge in [-0.25, -0.2) is 18.0 Å². The lowest BCUT2D eigenvalue weighted by atomic mass is 9.97. The van der Waals surface area contributed by atoms with Gasteiger partial charge >= 0.3 is 5.97 Å². The third kappa shape index (κ3) is 6.34. The van der Waals surface area contributed by atoms with Crippen LogP contribution >= 0.6 is 0 Å². The van der Waals surface area contributed by atoms with Gasteiger partial charge in [0, 0.05) is 17.2 Å². The third-order valence-corrected chi connectivity index (χ3v) is 6.60. The molecule has 0 saturated heterocycles. The molecule has 0 aliphatic carbocycles. The lowest BCUT2D eigenvalue weighted by molar-refractivity contribution is 0.0734. The fraction of sp³-hybridized carbons (Fsp3) is 0.242. The normalized spacial score (nSPS) is 11.0. The van der Waals surface area contributed by atoms with Crippen LogP contribution in [0.15, 0.2) is 78.9 Å². The van der Waals surface area contributed by atoms with E-state index in [1.807, 2.05) is 12.1 Å². The van der Waals surface area contributed by atoms with Gasteiger partial charge in [0.15, 0.2) is 11.6 Å². The first-order valence-electron chi connectivity index (χ1n) is 13.1. The molecule has 0 spiro atoms. The number of hydrogen-bond donors (Lipinski definition) is 0. The molecule has 0 atom stereocenters. The van der Waals surface area contributed by atoms with Gasteiger partial charge in [0.05, 0.1) is 5.56 Å². The van der Waals surface area contributed by atoms with Gasteiger partial charge in [-0.15, -0.1) is 0 Å². The van der Waals surface area contributed by atoms with Crippen LogP contribution in [-0.4, -0.2) is 5.97 Å². The maximum Gasteiger partial charge on any atom is 0.343 e. The molecule has 0 amide bonds. The lowest BCUT2D eigenvalue weighted by Crippen LogP contribution is -2.08. The molecule has 4 aromatic rings. The summed E-state index contributed by atoms with van der Waals surface area (Å²) in [5.74, 6) is -2.83. The van der Waals surface area contributed by atoms with Crippen molar-refractivity contribution in [3.8, 4) is 28.0 Å². The van der Waals surface area contributed by atoms with E-state index in [2.05, 4.69) is 13.8 Å². The molecule has 38 heavy (non-hydrogen) atoms. The molecule has 0 bridgehead atoms. The smallest absolute Gasteiger partial charge is 0.343 e. The van der Waals surface area contributed by atoms with Gasteiger partial charge < -0.3 is 4.74 Å². The molecule has 0 fully saturated rings. The van der Waals surface area contributed by atoms with Crippen LogP contribution in [0.3, 0.4) is 0 Å². The van der Waals surface area contributed by atoms with Crippen molar-refractivity contribution >= 4 is 5.97 Å². The number of hydrogen-bond acceptors (Lipinski definition) is 2. The number of benzene rings is 4. The Morgan fingerprint density at radius 2 is 1.29 bits per heavy atom. The number of ether oxygens (including phenoxy) is 1. The molecule has 0 aliphatic rings. The molecule has 5 heteroatoms. The summed E-state index contributed by atoms with van der Waals surface area (Å²) in [4.78, 5) is 12.6. The van der Waals surface area contributed by atoms with Crippen LogP contribution < -0.4 is 4.74 Å². The number of carbonyl (C=O) groups is 1. The minimum Gasteiger partial charge on any atom is -0.423 e. The molecule has 0 radical (unpaired) electrons. The summed E-state index contributed by atoms with van der Waals surface area (Å²) in [5, 5.41) is 0. The molecule has 4 rings (SSSR count). The minimum atomic E-state index is -0.954. The van der Waals surface area contributed by atoms with Crippen LogP contribution in [0.1, 0.15) is 61.0 Å². The highest BCUT2D eigenvalue weighted by Gasteiger charge is 2.17. The zero-order chi connectivity index (χ0) is 27.1. The molecular weight excluding hydrogens is 485 g/mol. The maximum atomic E-state index is 15.0. The molecule has 4 aromatic carbocycles. The van der Waals surface area contributed by atoms with Crippen molar-refractivity contribution in [1.82, 2.24) is 0 Å². The highest BCUT2D eigenvalue weighted by Crippen LogP contribution is 2.32. The van der Waals surface area contributed by atoms with Gasteiger partial charge in [0.2, 0.25) is 0 Å². The summed E-state index contributed by atoms with van der Waals surface area (Å²) in [6, 6.07) is 21.0. The predicted octanol–water partition coefficient (Wildman–Crippen LogP) is 9.34. The average Bonchev–Trinajstić information content (AvgIpc) is 2.92. The van der Waals surface area contributed by atoms with Gasteiger partial charge in [0.1, 0.15) is 11.6 Å². The van der Waals surface area contributed by atoms with Crippen molar-refractivity contribution in [3.63, 3.8) is 0 Å². The first-order chi connectivity index (χ1) is 18.4. The Labute approximate surface area is 222 Å². The predicted molar refractivity (Wildman–Crippen MR) is 146 cm³/mol. The second-order valence-electron chi connectivity index (χ2n) is 9.41. The Bertz CT molecular complexity index is 1390. The molecule has 2 nitrogen and oxygen atoms in total. The van der Waals surface area contributed by atoms with Crippen LogP contribution in [0.4, 0.5) is 13.2 Å². The molecule has 0 heterocycles. The van der Waals surface area contributed by atoms with Crippen molar-refractivity contribution < 1.29 is 22.7 Å². The number of halogens is 3. The van der Waals surface area contributed by atoms with E-state index in [1.165, 1.54) is 36.4 Å². The molecule has 0 N–H and O–H groups in total. The van der Waals surface area contributed by atoms with Crippen molar-refractivity contribution in [2.75, 3.05) is 0 Å². The van der Waals surface area contributed by atoms with Gasteiger partial charge in [-0.2, -0.15) is 0 Å². The van der Waals surface area contributed by atoms with Gasteiger partial charge in [-0.05, 0) is 59.7 Å².